The fourth-order valence-electron chi connectivity index (χ4n) is 3.36. The fourth-order valence-corrected chi connectivity index (χ4v) is 3.36. The Morgan fingerprint density at radius 3 is 2.45 bits per heavy atom. The van der Waals surface area contributed by atoms with E-state index < -0.39 is 5.91 Å². The highest BCUT2D eigenvalue weighted by Crippen LogP contribution is 2.22. The van der Waals surface area contributed by atoms with Gasteiger partial charge >= 0.3 is 5.91 Å². The Balaban J connectivity index is 1.32. The van der Waals surface area contributed by atoms with Gasteiger partial charge in [0.25, 0.3) is 0 Å². The van der Waals surface area contributed by atoms with Crippen molar-refractivity contribution in [3.8, 4) is 22.9 Å². The third-order valence-corrected chi connectivity index (χ3v) is 5.02. The maximum atomic E-state index is 12.2. The number of ether oxygens (including phenoxy) is 1. The molecule has 4 aromatic rings. The lowest BCUT2D eigenvalue weighted by Gasteiger charge is -2.10. The predicted molar refractivity (Wildman–Crippen MR) is 123 cm³/mol. The Bertz CT molecular complexity index is 1280. The number of phenolic OH excluding ortho intramolecular Hbond substituents is 2. The Labute approximate surface area is 190 Å². The first kappa shape index (κ1) is 21.8. The van der Waals surface area contributed by atoms with Crippen LogP contribution in [-0.2, 0) is 6.61 Å². The van der Waals surface area contributed by atoms with E-state index in [1.54, 1.807) is 6.07 Å². The molecule has 0 aliphatic rings. The molecule has 0 saturated carbocycles. The first-order valence-corrected chi connectivity index (χ1v) is 10.2. The van der Waals surface area contributed by atoms with E-state index in [-0.39, 0.29) is 23.9 Å². The van der Waals surface area contributed by atoms with E-state index in [2.05, 4.69) is 41.1 Å². The summed E-state index contributed by atoms with van der Waals surface area (Å²) in [4.78, 5) is 12.2. The van der Waals surface area contributed by atoms with Crippen molar-refractivity contribution in [1.29, 1.82) is 0 Å². The van der Waals surface area contributed by atoms with E-state index >= 15 is 0 Å². The van der Waals surface area contributed by atoms with Crippen LogP contribution in [0.25, 0.3) is 5.69 Å². The normalized spacial score (nSPS) is 11.1. The molecule has 0 fully saturated rings. The SMILES string of the molecule is Cc1ccc(C)n1-c1ccc(OCc2ccc(C(=O)N/N=C/c3ccc(O)cc3O)o2)cc1. The number of aromatic nitrogens is 1. The number of nitrogens with one attached hydrogen (secondary N) is 1. The van der Waals surface area contributed by atoms with Gasteiger partial charge in [0.05, 0.1) is 6.21 Å². The van der Waals surface area contributed by atoms with Crippen LogP contribution in [0.3, 0.4) is 0 Å². The highest BCUT2D eigenvalue weighted by Gasteiger charge is 2.11. The number of furan rings is 1. The number of benzene rings is 2. The monoisotopic (exact) mass is 445 g/mol. The second-order valence-electron chi connectivity index (χ2n) is 7.44. The Morgan fingerprint density at radius 1 is 1.03 bits per heavy atom. The maximum absolute atomic E-state index is 12.2. The molecule has 4 rings (SSSR count). The van der Waals surface area contributed by atoms with Crippen molar-refractivity contribution in [2.75, 3.05) is 0 Å². The fraction of sp³-hybridized carbons (Fsp3) is 0.120. The first-order chi connectivity index (χ1) is 15.9. The summed E-state index contributed by atoms with van der Waals surface area (Å²) in [6.07, 6.45) is 1.26. The molecular weight excluding hydrogens is 422 g/mol. The minimum absolute atomic E-state index is 0.0685. The van der Waals surface area contributed by atoms with Crippen LogP contribution < -0.4 is 10.2 Å². The number of phenols is 2. The number of nitrogens with zero attached hydrogens (tertiary/aromatic N) is 2. The van der Waals surface area contributed by atoms with Crippen LogP contribution in [0.5, 0.6) is 17.2 Å². The summed E-state index contributed by atoms with van der Waals surface area (Å²) >= 11 is 0. The van der Waals surface area contributed by atoms with Gasteiger partial charge in [-0.1, -0.05) is 0 Å². The van der Waals surface area contributed by atoms with Crippen molar-refractivity contribution in [3.05, 3.63) is 95.2 Å². The molecule has 8 nitrogen and oxygen atoms in total. The van der Waals surface area contributed by atoms with Gasteiger partial charge in [-0.25, -0.2) is 5.43 Å². The van der Waals surface area contributed by atoms with Gasteiger partial charge in [-0.3, -0.25) is 4.79 Å². The Hall–Kier alpha value is -4.46. The lowest BCUT2D eigenvalue weighted by Crippen LogP contribution is -2.16. The van der Waals surface area contributed by atoms with Crippen LogP contribution >= 0.6 is 0 Å². The average molecular weight is 445 g/mol. The second kappa shape index (κ2) is 9.35. The van der Waals surface area contributed by atoms with E-state index in [1.165, 1.54) is 30.5 Å². The van der Waals surface area contributed by atoms with Crippen LogP contribution in [0.1, 0.15) is 33.3 Å². The predicted octanol–water partition coefficient (Wildman–Crippen LogP) is 4.44. The average Bonchev–Trinajstić information content (AvgIpc) is 3.40. The van der Waals surface area contributed by atoms with Crippen molar-refractivity contribution < 1.29 is 24.2 Å². The topological polar surface area (TPSA) is 109 Å². The number of amides is 1. The number of hydrogen-bond acceptors (Lipinski definition) is 6. The number of hydrazone groups is 1. The Morgan fingerprint density at radius 2 is 1.76 bits per heavy atom. The third kappa shape index (κ3) is 5.07. The van der Waals surface area contributed by atoms with Gasteiger partial charge in [0.1, 0.15) is 29.6 Å². The molecule has 0 unspecified atom stereocenters. The summed E-state index contributed by atoms with van der Waals surface area (Å²) in [6.45, 7) is 4.29. The van der Waals surface area contributed by atoms with E-state index in [1.807, 2.05) is 24.3 Å². The first-order valence-electron chi connectivity index (χ1n) is 10.2. The summed E-state index contributed by atoms with van der Waals surface area (Å²) in [5.41, 5.74) is 6.04. The lowest BCUT2D eigenvalue weighted by atomic mass is 10.2. The lowest BCUT2D eigenvalue weighted by molar-refractivity contribution is 0.0923. The minimum Gasteiger partial charge on any atom is -0.508 e. The largest absolute Gasteiger partial charge is 0.508 e. The second-order valence-corrected chi connectivity index (χ2v) is 7.44. The van der Waals surface area contributed by atoms with Crippen LogP contribution in [0.4, 0.5) is 0 Å². The molecule has 2 aromatic carbocycles. The number of carbonyl (C=O) groups excluding carboxylic acids is 1. The van der Waals surface area contributed by atoms with Gasteiger partial charge in [0, 0.05) is 28.7 Å². The summed E-state index contributed by atoms with van der Waals surface area (Å²) in [7, 11) is 0. The minimum atomic E-state index is -0.544. The highest BCUT2D eigenvalue weighted by molar-refractivity contribution is 5.92. The maximum Gasteiger partial charge on any atom is 0.307 e. The smallest absolute Gasteiger partial charge is 0.307 e. The van der Waals surface area contributed by atoms with E-state index in [4.69, 9.17) is 9.15 Å². The van der Waals surface area contributed by atoms with Gasteiger partial charge < -0.3 is 23.9 Å². The van der Waals surface area contributed by atoms with Crippen molar-refractivity contribution in [2.24, 2.45) is 5.10 Å². The zero-order valence-electron chi connectivity index (χ0n) is 18.1. The zero-order valence-corrected chi connectivity index (χ0v) is 18.1. The van der Waals surface area contributed by atoms with Crippen LogP contribution in [0, 0.1) is 13.8 Å². The number of aromatic hydroxyl groups is 2. The molecule has 3 N–H and O–H groups in total. The standard InChI is InChI=1S/C25H23N3O5/c1-16-3-4-17(2)28(16)19-6-9-21(10-7-19)32-15-22-11-12-24(33-22)25(31)27-26-14-18-5-8-20(29)13-23(18)30/h3-14,29-30H,15H2,1-2H3,(H,27,31)/b26-14+. The van der Waals surface area contributed by atoms with Crippen molar-refractivity contribution in [1.82, 2.24) is 9.99 Å². The van der Waals surface area contributed by atoms with Crippen LogP contribution in [-0.4, -0.2) is 26.9 Å². The van der Waals surface area contributed by atoms with Gasteiger partial charge in [0.2, 0.25) is 0 Å². The van der Waals surface area contributed by atoms with Crippen molar-refractivity contribution in [3.63, 3.8) is 0 Å². The van der Waals surface area contributed by atoms with Crippen molar-refractivity contribution in [2.45, 2.75) is 20.5 Å². The molecule has 0 saturated heterocycles. The van der Waals surface area contributed by atoms with Gasteiger partial charge in [-0.2, -0.15) is 5.10 Å². The third-order valence-electron chi connectivity index (χ3n) is 5.02. The molecule has 0 aliphatic carbocycles. The number of carbonyl (C=O) groups is 1. The molecule has 1 amide bonds. The molecule has 0 spiro atoms. The molecular formula is C25H23N3O5. The quantitative estimate of drug-likeness (QED) is 0.288. The van der Waals surface area contributed by atoms with Crippen molar-refractivity contribution >= 4 is 12.1 Å². The van der Waals surface area contributed by atoms with E-state index in [0.29, 0.717) is 17.1 Å². The molecule has 0 atom stereocenters. The molecule has 0 radical (unpaired) electrons. The number of aryl methyl sites for hydroxylation is 2. The molecule has 0 aliphatic heterocycles. The highest BCUT2D eigenvalue weighted by atomic mass is 16.5. The zero-order chi connectivity index (χ0) is 23.4. The van der Waals surface area contributed by atoms with Gasteiger partial charge in [-0.15, -0.1) is 0 Å². The molecule has 8 heteroatoms. The molecule has 33 heavy (non-hydrogen) atoms. The number of rotatable bonds is 7. The van der Waals surface area contributed by atoms with Gasteiger partial charge in [0.15, 0.2) is 5.76 Å². The van der Waals surface area contributed by atoms with Crippen LogP contribution in [0.15, 0.2) is 76.2 Å². The molecule has 0 bridgehead atoms. The number of hydrogen-bond donors (Lipinski definition) is 3. The van der Waals surface area contributed by atoms with E-state index in [0.717, 1.165) is 17.1 Å². The summed E-state index contributed by atoms with van der Waals surface area (Å²) < 4.78 is 13.5. The Kier molecular flexibility index (Phi) is 6.17. The van der Waals surface area contributed by atoms with E-state index in [9.17, 15) is 15.0 Å². The van der Waals surface area contributed by atoms with Gasteiger partial charge in [-0.05, 0) is 74.5 Å². The molecule has 168 valence electrons. The summed E-state index contributed by atoms with van der Waals surface area (Å²) in [5, 5.41) is 22.8. The molecule has 2 aromatic heterocycles. The van der Waals surface area contributed by atoms with Crippen LogP contribution in [0.2, 0.25) is 0 Å². The summed E-state index contributed by atoms with van der Waals surface area (Å²) in [5.74, 6) is 0.480. The summed E-state index contributed by atoms with van der Waals surface area (Å²) in [6, 6.07) is 19.1. The molecule has 2 heterocycles.